The van der Waals surface area contributed by atoms with E-state index in [1.54, 1.807) is 12.1 Å². The van der Waals surface area contributed by atoms with E-state index in [0.717, 1.165) is 25.0 Å². The van der Waals surface area contributed by atoms with Crippen molar-refractivity contribution in [2.75, 3.05) is 11.9 Å². The van der Waals surface area contributed by atoms with Gasteiger partial charge in [-0.05, 0) is 66.8 Å². The van der Waals surface area contributed by atoms with Gasteiger partial charge in [0.05, 0.1) is 17.8 Å². The molecule has 4 N–H and O–H groups in total. The molecule has 0 aromatic heterocycles. The Balaban J connectivity index is 1.80. The van der Waals surface area contributed by atoms with Crippen LogP contribution in [0.2, 0.25) is 0 Å². The van der Waals surface area contributed by atoms with Gasteiger partial charge in [0, 0.05) is 18.2 Å². The summed E-state index contributed by atoms with van der Waals surface area (Å²) in [6.07, 6.45) is -3.66. The molecule has 0 heterocycles. The highest BCUT2D eigenvalue weighted by molar-refractivity contribution is 5.94. The monoisotopic (exact) mass is 581 g/mol. The minimum atomic E-state index is -4.92. The van der Waals surface area contributed by atoms with Gasteiger partial charge < -0.3 is 25.7 Å². The molecule has 12 heteroatoms. The first-order valence-corrected chi connectivity index (χ1v) is 13.3. The molecule has 2 aromatic rings. The van der Waals surface area contributed by atoms with Gasteiger partial charge in [-0.25, -0.2) is 14.0 Å². The summed E-state index contributed by atoms with van der Waals surface area (Å²) in [7, 11) is 0. The van der Waals surface area contributed by atoms with Gasteiger partial charge in [-0.2, -0.15) is 13.2 Å². The van der Waals surface area contributed by atoms with Crippen LogP contribution >= 0.6 is 0 Å². The highest BCUT2D eigenvalue weighted by Crippen LogP contribution is 2.40. The Bertz CT molecular complexity index is 1240. The SMILES string of the molecule is CC(C)(C)C1CCC(N(Cc2ccc(C(=O)NC[C@@H](O)C(=O)O)cc2)C(=O)Nc2cccc(C(F)(F)F)c2F)CC1. The maximum absolute atomic E-state index is 14.7. The first-order chi connectivity index (χ1) is 19.1. The third kappa shape index (κ3) is 8.42. The number of aliphatic hydroxyl groups is 1. The van der Waals surface area contributed by atoms with Crippen LogP contribution in [0, 0.1) is 17.2 Å². The zero-order chi connectivity index (χ0) is 30.5. The summed E-state index contributed by atoms with van der Waals surface area (Å²) in [5.74, 6) is -3.21. The summed E-state index contributed by atoms with van der Waals surface area (Å²) >= 11 is 0. The number of halogens is 4. The van der Waals surface area contributed by atoms with Crippen molar-refractivity contribution in [3.05, 3.63) is 65.0 Å². The summed E-state index contributed by atoms with van der Waals surface area (Å²) in [5.41, 5.74) is -1.16. The Morgan fingerprint density at radius 1 is 1.00 bits per heavy atom. The molecule has 0 unspecified atom stereocenters. The number of nitrogens with one attached hydrogen (secondary N) is 2. The molecule has 1 fully saturated rings. The van der Waals surface area contributed by atoms with Crippen LogP contribution in [0.1, 0.15) is 67.9 Å². The van der Waals surface area contributed by atoms with Gasteiger partial charge in [0.15, 0.2) is 11.9 Å². The number of rotatable bonds is 8. The molecule has 0 bridgehead atoms. The van der Waals surface area contributed by atoms with Crippen molar-refractivity contribution in [1.29, 1.82) is 0 Å². The number of benzene rings is 2. The van der Waals surface area contributed by atoms with Crippen molar-refractivity contribution in [3.8, 4) is 0 Å². The van der Waals surface area contributed by atoms with E-state index in [1.165, 1.54) is 17.0 Å². The van der Waals surface area contributed by atoms with Crippen molar-refractivity contribution in [2.45, 2.75) is 71.3 Å². The molecule has 1 aliphatic carbocycles. The third-order valence-electron chi connectivity index (χ3n) is 7.48. The smallest absolute Gasteiger partial charge is 0.419 e. The van der Waals surface area contributed by atoms with Crippen LogP contribution in [0.5, 0.6) is 0 Å². The Labute approximate surface area is 235 Å². The first kappa shape index (κ1) is 31.9. The van der Waals surface area contributed by atoms with Gasteiger partial charge in [0.25, 0.3) is 5.91 Å². The normalized spacial score (nSPS) is 18.3. The summed E-state index contributed by atoms with van der Waals surface area (Å²) in [6.45, 7) is 6.03. The zero-order valence-corrected chi connectivity index (χ0v) is 23.1. The molecule has 41 heavy (non-hydrogen) atoms. The van der Waals surface area contributed by atoms with Crippen LogP contribution in [0.4, 0.5) is 28.0 Å². The number of carbonyl (C=O) groups is 3. The zero-order valence-electron chi connectivity index (χ0n) is 23.1. The molecular formula is C29H35F4N3O5. The summed E-state index contributed by atoms with van der Waals surface area (Å²) in [4.78, 5) is 37.9. The van der Waals surface area contributed by atoms with Crippen molar-refractivity contribution in [1.82, 2.24) is 10.2 Å². The number of alkyl halides is 3. The lowest BCUT2D eigenvalue weighted by molar-refractivity contribution is -0.146. The van der Waals surface area contributed by atoms with E-state index in [4.69, 9.17) is 5.11 Å². The van der Waals surface area contributed by atoms with Crippen molar-refractivity contribution < 1.29 is 42.2 Å². The van der Waals surface area contributed by atoms with E-state index in [2.05, 4.69) is 31.4 Å². The summed E-state index contributed by atoms with van der Waals surface area (Å²) in [5, 5.41) is 22.7. The van der Waals surface area contributed by atoms with Gasteiger partial charge in [-0.1, -0.05) is 39.0 Å². The number of nitrogens with zero attached hydrogens (tertiary/aromatic N) is 1. The third-order valence-corrected chi connectivity index (χ3v) is 7.48. The van der Waals surface area contributed by atoms with Crippen molar-refractivity contribution in [3.63, 3.8) is 0 Å². The Kier molecular flexibility index (Phi) is 10.0. The molecule has 1 saturated carbocycles. The van der Waals surface area contributed by atoms with Crippen molar-refractivity contribution >= 4 is 23.6 Å². The molecule has 0 saturated heterocycles. The number of aliphatic hydroxyl groups excluding tert-OH is 1. The topological polar surface area (TPSA) is 119 Å². The molecule has 1 aliphatic rings. The Hall–Kier alpha value is -3.67. The van der Waals surface area contributed by atoms with Crippen LogP contribution in [-0.2, 0) is 17.5 Å². The van der Waals surface area contributed by atoms with Crippen LogP contribution in [0.15, 0.2) is 42.5 Å². The van der Waals surface area contributed by atoms with Gasteiger partial charge in [0.1, 0.15) is 0 Å². The number of urea groups is 1. The van der Waals surface area contributed by atoms with Crippen LogP contribution in [-0.4, -0.2) is 51.7 Å². The number of carboxylic acids is 1. The van der Waals surface area contributed by atoms with E-state index in [0.29, 0.717) is 30.4 Å². The van der Waals surface area contributed by atoms with Crippen LogP contribution in [0.25, 0.3) is 0 Å². The first-order valence-electron chi connectivity index (χ1n) is 13.3. The lowest BCUT2D eigenvalue weighted by Gasteiger charge is -2.41. The predicted octanol–water partition coefficient (Wildman–Crippen LogP) is 5.66. The highest BCUT2D eigenvalue weighted by Gasteiger charge is 2.36. The second-order valence-corrected chi connectivity index (χ2v) is 11.4. The number of amides is 3. The van der Waals surface area contributed by atoms with E-state index >= 15 is 0 Å². The van der Waals surface area contributed by atoms with Gasteiger partial charge in [-0.15, -0.1) is 0 Å². The van der Waals surface area contributed by atoms with Crippen LogP contribution in [0.3, 0.4) is 0 Å². The molecule has 3 amide bonds. The molecule has 224 valence electrons. The molecular weight excluding hydrogens is 546 g/mol. The molecule has 8 nitrogen and oxygen atoms in total. The molecule has 2 aromatic carbocycles. The average molecular weight is 582 g/mol. The predicted molar refractivity (Wildman–Crippen MR) is 144 cm³/mol. The minimum Gasteiger partial charge on any atom is -0.479 e. The fraction of sp³-hybridized carbons (Fsp3) is 0.483. The summed E-state index contributed by atoms with van der Waals surface area (Å²) < 4.78 is 54.3. The molecule has 0 spiro atoms. The van der Waals surface area contributed by atoms with E-state index in [9.17, 15) is 37.1 Å². The largest absolute Gasteiger partial charge is 0.479 e. The minimum absolute atomic E-state index is 0.0525. The fourth-order valence-electron chi connectivity index (χ4n) is 4.99. The Morgan fingerprint density at radius 3 is 2.15 bits per heavy atom. The Morgan fingerprint density at radius 2 is 1.61 bits per heavy atom. The van der Waals surface area contributed by atoms with E-state index in [1.807, 2.05) is 0 Å². The standard InChI is InChI=1S/C29H35F4N3O5/c1-28(2,3)19-11-13-20(14-12-19)36(27(41)35-22-6-4-5-21(24(22)30)29(31,32)33)16-17-7-9-18(10-8-17)25(38)34-15-23(37)26(39)40/h4-10,19-20,23,37H,11-16H2,1-3H3,(H,34,38)(H,35,41)(H,39,40)/t19?,20?,23-/m1/s1. The van der Waals surface area contributed by atoms with Gasteiger partial charge in [-0.3, -0.25) is 4.79 Å². The lowest BCUT2D eigenvalue weighted by atomic mass is 9.71. The molecule has 0 radical (unpaired) electrons. The maximum atomic E-state index is 14.7. The van der Waals surface area contributed by atoms with Gasteiger partial charge >= 0.3 is 18.2 Å². The highest BCUT2D eigenvalue weighted by atomic mass is 19.4. The second kappa shape index (κ2) is 12.9. The fourth-order valence-corrected chi connectivity index (χ4v) is 4.99. The molecule has 3 rings (SSSR count). The average Bonchev–Trinajstić information content (AvgIpc) is 2.90. The number of aliphatic carboxylic acids is 1. The number of hydrogen-bond acceptors (Lipinski definition) is 4. The van der Waals surface area contributed by atoms with E-state index in [-0.39, 0.29) is 23.6 Å². The van der Waals surface area contributed by atoms with E-state index < -0.39 is 53.8 Å². The van der Waals surface area contributed by atoms with Crippen LogP contribution < -0.4 is 10.6 Å². The van der Waals surface area contributed by atoms with Gasteiger partial charge in [0.2, 0.25) is 0 Å². The summed E-state index contributed by atoms with van der Waals surface area (Å²) in [6, 6.07) is 7.84. The number of anilines is 1. The maximum Gasteiger partial charge on any atom is 0.419 e. The second-order valence-electron chi connectivity index (χ2n) is 11.4. The number of hydrogen-bond donors (Lipinski definition) is 4. The number of carbonyl (C=O) groups excluding carboxylic acids is 2. The number of carboxylic acid groups (broad SMARTS) is 1. The van der Waals surface area contributed by atoms with Crippen molar-refractivity contribution in [2.24, 2.45) is 11.3 Å². The quantitative estimate of drug-likeness (QED) is 0.300. The lowest BCUT2D eigenvalue weighted by Crippen LogP contribution is -2.45. The molecule has 0 aliphatic heterocycles. The molecule has 1 atom stereocenters.